The van der Waals surface area contributed by atoms with Gasteiger partial charge < -0.3 is 10.0 Å². The first-order valence-electron chi connectivity index (χ1n) is 6.57. The summed E-state index contributed by atoms with van der Waals surface area (Å²) in [6.45, 7) is 2.03. The number of halogens is 2. The lowest BCUT2D eigenvalue weighted by Gasteiger charge is -2.27. The summed E-state index contributed by atoms with van der Waals surface area (Å²) in [6, 6.07) is 4.53. The second kappa shape index (κ2) is 7.15. The Morgan fingerprint density at radius 1 is 1.33 bits per heavy atom. The third kappa shape index (κ3) is 3.81. The largest absolute Gasteiger partial charge is 0.480 e. The lowest BCUT2D eigenvalue weighted by molar-refractivity contribution is -0.141. The fraction of sp³-hybridized carbons (Fsp3) is 0.429. The fourth-order valence-corrected chi connectivity index (χ4v) is 5.13. The lowest BCUT2D eigenvalue weighted by atomic mass is 10.1. The smallest absolute Gasteiger partial charge is 0.327 e. The summed E-state index contributed by atoms with van der Waals surface area (Å²) < 4.78 is 1.57. The maximum Gasteiger partial charge on any atom is 0.327 e. The first kappa shape index (κ1) is 16.8. The first-order valence-corrected chi connectivity index (χ1v) is 9.20. The van der Waals surface area contributed by atoms with Crippen molar-refractivity contribution in [3.8, 4) is 0 Å². The van der Waals surface area contributed by atoms with E-state index >= 15 is 0 Å². The number of thioether (sulfide) groups is 1. The number of rotatable bonds is 4. The number of aliphatic carboxylic acids is 1. The average molecular weight is 437 g/mol. The molecule has 0 aromatic heterocycles. The summed E-state index contributed by atoms with van der Waals surface area (Å²) >= 11 is 8.26. The van der Waals surface area contributed by atoms with Crippen molar-refractivity contribution in [2.24, 2.45) is 0 Å². The van der Waals surface area contributed by atoms with Crippen LogP contribution in [0.5, 0.6) is 0 Å². The van der Waals surface area contributed by atoms with Crippen molar-refractivity contribution in [1.82, 2.24) is 4.90 Å². The molecule has 1 amide bonds. The van der Waals surface area contributed by atoms with Gasteiger partial charge in [-0.2, -0.15) is 0 Å². The SMILES string of the molecule is CCCC1SCC(C(=O)O)N1C(=O)c1cc(Br)cc(Br)c1. The highest BCUT2D eigenvalue weighted by molar-refractivity contribution is 9.11. The predicted octanol–water partition coefficient (Wildman–Crippen LogP) is 3.98. The van der Waals surface area contributed by atoms with Gasteiger partial charge in [-0.3, -0.25) is 4.79 Å². The number of amides is 1. The van der Waals surface area contributed by atoms with Crippen molar-refractivity contribution in [3.63, 3.8) is 0 Å². The molecule has 1 aromatic carbocycles. The molecular formula is C14H15Br2NO3S. The zero-order chi connectivity index (χ0) is 15.6. The number of hydrogen-bond donors (Lipinski definition) is 1. The molecule has 1 saturated heterocycles. The van der Waals surface area contributed by atoms with E-state index in [1.54, 1.807) is 23.9 Å². The molecule has 21 heavy (non-hydrogen) atoms. The summed E-state index contributed by atoms with van der Waals surface area (Å²) in [5, 5.41) is 9.28. The zero-order valence-electron chi connectivity index (χ0n) is 11.4. The summed E-state index contributed by atoms with van der Waals surface area (Å²) in [5.74, 6) is -0.725. The summed E-state index contributed by atoms with van der Waals surface area (Å²) in [6.07, 6.45) is 1.71. The average Bonchev–Trinajstić information content (AvgIpc) is 2.81. The van der Waals surface area contributed by atoms with Gasteiger partial charge in [0.05, 0.1) is 5.37 Å². The fourth-order valence-electron chi connectivity index (χ4n) is 2.32. The van der Waals surface area contributed by atoms with E-state index in [1.807, 2.05) is 13.0 Å². The topological polar surface area (TPSA) is 57.6 Å². The van der Waals surface area contributed by atoms with Crippen molar-refractivity contribution in [1.29, 1.82) is 0 Å². The van der Waals surface area contributed by atoms with Gasteiger partial charge in [0.1, 0.15) is 6.04 Å². The van der Waals surface area contributed by atoms with Crippen LogP contribution in [0, 0.1) is 0 Å². The third-order valence-corrected chi connectivity index (χ3v) is 5.53. The van der Waals surface area contributed by atoms with Crippen LogP contribution in [0.1, 0.15) is 30.1 Å². The van der Waals surface area contributed by atoms with E-state index in [9.17, 15) is 14.7 Å². The van der Waals surface area contributed by atoms with E-state index in [0.717, 1.165) is 21.8 Å². The van der Waals surface area contributed by atoms with Crippen molar-refractivity contribution in [3.05, 3.63) is 32.7 Å². The molecular weight excluding hydrogens is 422 g/mol. The van der Waals surface area contributed by atoms with Crippen LogP contribution >= 0.6 is 43.6 Å². The van der Waals surface area contributed by atoms with Gasteiger partial charge in [-0.05, 0) is 24.6 Å². The normalized spacial score (nSPS) is 21.6. The third-order valence-electron chi connectivity index (χ3n) is 3.26. The predicted molar refractivity (Wildman–Crippen MR) is 90.6 cm³/mol. The van der Waals surface area contributed by atoms with Crippen LogP contribution < -0.4 is 0 Å². The van der Waals surface area contributed by atoms with Crippen LogP contribution in [0.25, 0.3) is 0 Å². The number of carbonyl (C=O) groups excluding carboxylic acids is 1. The molecule has 4 nitrogen and oxygen atoms in total. The van der Waals surface area contributed by atoms with Gasteiger partial charge in [-0.15, -0.1) is 11.8 Å². The molecule has 1 N–H and O–H groups in total. The van der Waals surface area contributed by atoms with Crippen LogP contribution in [0.3, 0.4) is 0 Å². The molecule has 114 valence electrons. The Morgan fingerprint density at radius 3 is 2.48 bits per heavy atom. The van der Waals surface area contributed by atoms with Crippen LogP contribution in [-0.4, -0.2) is 39.1 Å². The molecule has 1 aliphatic rings. The molecule has 0 radical (unpaired) electrons. The molecule has 0 bridgehead atoms. The van der Waals surface area contributed by atoms with Gasteiger partial charge in [0, 0.05) is 20.3 Å². The van der Waals surface area contributed by atoms with Gasteiger partial charge in [0.2, 0.25) is 0 Å². The molecule has 1 aliphatic heterocycles. The Morgan fingerprint density at radius 2 is 1.95 bits per heavy atom. The highest BCUT2D eigenvalue weighted by atomic mass is 79.9. The minimum Gasteiger partial charge on any atom is -0.480 e. The summed E-state index contributed by atoms with van der Waals surface area (Å²) in [4.78, 5) is 25.7. The summed E-state index contributed by atoms with van der Waals surface area (Å²) in [7, 11) is 0. The summed E-state index contributed by atoms with van der Waals surface area (Å²) in [5.41, 5.74) is 0.492. The molecule has 2 atom stereocenters. The van der Waals surface area contributed by atoms with Gasteiger partial charge in [0.25, 0.3) is 5.91 Å². The number of benzene rings is 1. The van der Waals surface area contributed by atoms with E-state index in [2.05, 4.69) is 31.9 Å². The van der Waals surface area contributed by atoms with E-state index < -0.39 is 12.0 Å². The number of carboxylic acids is 1. The Kier molecular flexibility index (Phi) is 5.73. The molecule has 0 aliphatic carbocycles. The molecule has 1 heterocycles. The molecule has 0 spiro atoms. The minimum absolute atomic E-state index is 0.0682. The van der Waals surface area contributed by atoms with E-state index in [1.165, 1.54) is 4.90 Å². The number of hydrogen-bond acceptors (Lipinski definition) is 3. The van der Waals surface area contributed by atoms with Gasteiger partial charge in [-0.1, -0.05) is 45.2 Å². The van der Waals surface area contributed by atoms with Crippen LogP contribution in [0.4, 0.5) is 0 Å². The Hall–Kier alpha value is -0.530. The molecule has 7 heteroatoms. The number of nitrogens with zero attached hydrogens (tertiary/aromatic N) is 1. The quantitative estimate of drug-likeness (QED) is 0.775. The Bertz CT molecular complexity index is 547. The minimum atomic E-state index is -0.941. The Labute approximate surface area is 144 Å². The van der Waals surface area contributed by atoms with Crippen molar-refractivity contribution in [2.45, 2.75) is 31.2 Å². The van der Waals surface area contributed by atoms with Crippen molar-refractivity contribution in [2.75, 3.05) is 5.75 Å². The van der Waals surface area contributed by atoms with Crippen LogP contribution in [0.15, 0.2) is 27.1 Å². The molecule has 2 rings (SSSR count). The monoisotopic (exact) mass is 435 g/mol. The van der Waals surface area contributed by atoms with E-state index in [-0.39, 0.29) is 11.3 Å². The van der Waals surface area contributed by atoms with Crippen molar-refractivity contribution < 1.29 is 14.7 Å². The molecule has 0 saturated carbocycles. The van der Waals surface area contributed by atoms with Crippen molar-refractivity contribution >= 4 is 55.5 Å². The Balaban J connectivity index is 2.34. The highest BCUT2D eigenvalue weighted by Gasteiger charge is 2.41. The maximum absolute atomic E-state index is 12.8. The molecule has 1 aromatic rings. The zero-order valence-corrected chi connectivity index (χ0v) is 15.4. The number of carboxylic acid groups (broad SMARTS) is 1. The van der Waals surface area contributed by atoms with Crippen LogP contribution in [0.2, 0.25) is 0 Å². The second-order valence-electron chi connectivity index (χ2n) is 4.80. The number of carbonyl (C=O) groups is 2. The highest BCUT2D eigenvalue weighted by Crippen LogP contribution is 2.34. The lowest BCUT2D eigenvalue weighted by Crippen LogP contribution is -2.45. The second-order valence-corrected chi connectivity index (χ2v) is 7.84. The maximum atomic E-state index is 12.8. The van der Waals surface area contributed by atoms with Crippen LogP contribution in [-0.2, 0) is 4.79 Å². The molecule has 1 fully saturated rings. The first-order chi connectivity index (χ1) is 9.93. The van der Waals surface area contributed by atoms with Gasteiger partial charge >= 0.3 is 5.97 Å². The van der Waals surface area contributed by atoms with Gasteiger partial charge in [-0.25, -0.2) is 4.79 Å². The van der Waals surface area contributed by atoms with E-state index in [0.29, 0.717) is 11.3 Å². The standard InChI is InChI=1S/C14H15Br2NO3S/c1-2-3-12-17(11(7-21-12)14(19)20)13(18)8-4-9(15)6-10(16)5-8/h4-6,11-12H,2-3,7H2,1H3,(H,19,20). The van der Waals surface area contributed by atoms with Gasteiger partial charge in [0.15, 0.2) is 0 Å². The molecule has 2 unspecified atom stereocenters. The van der Waals surface area contributed by atoms with E-state index in [4.69, 9.17) is 0 Å².